The van der Waals surface area contributed by atoms with E-state index in [-0.39, 0.29) is 11.9 Å². The summed E-state index contributed by atoms with van der Waals surface area (Å²) in [5, 5.41) is 0. The highest BCUT2D eigenvalue weighted by Gasteiger charge is 2.27. The third-order valence-corrected chi connectivity index (χ3v) is 2.75. The summed E-state index contributed by atoms with van der Waals surface area (Å²) in [6.07, 6.45) is 7.97. The molecule has 0 aliphatic heterocycles. The molecule has 2 nitrogen and oxygen atoms in total. The van der Waals surface area contributed by atoms with Crippen LogP contribution in [0.1, 0.15) is 39.5 Å². The molecule has 0 aromatic carbocycles. The number of carbonyl (C=O) groups is 1. The van der Waals surface area contributed by atoms with Crippen molar-refractivity contribution in [1.29, 1.82) is 0 Å². The van der Waals surface area contributed by atoms with E-state index in [9.17, 15) is 4.79 Å². The van der Waals surface area contributed by atoms with E-state index in [4.69, 9.17) is 4.74 Å². The third-order valence-electron chi connectivity index (χ3n) is 2.75. The second kappa shape index (κ2) is 5.97. The summed E-state index contributed by atoms with van der Waals surface area (Å²) in [7, 11) is 0. The maximum Gasteiger partial charge on any atom is 0.161 e. The number of allylic oxidation sites excluding steroid dienone is 2. The summed E-state index contributed by atoms with van der Waals surface area (Å²) < 4.78 is 5.55. The van der Waals surface area contributed by atoms with Crippen LogP contribution in [0.2, 0.25) is 0 Å². The van der Waals surface area contributed by atoms with Crippen LogP contribution in [0.25, 0.3) is 0 Å². The molecule has 1 aliphatic carbocycles. The van der Waals surface area contributed by atoms with Crippen LogP contribution in [0.15, 0.2) is 12.2 Å². The molecular formula is C12H20O2. The molecule has 2 unspecified atom stereocenters. The van der Waals surface area contributed by atoms with Gasteiger partial charge in [0.25, 0.3) is 0 Å². The van der Waals surface area contributed by atoms with Crippen LogP contribution in [0, 0.1) is 5.92 Å². The van der Waals surface area contributed by atoms with E-state index in [1.54, 1.807) is 0 Å². The van der Waals surface area contributed by atoms with Gasteiger partial charge in [0, 0.05) is 13.0 Å². The van der Waals surface area contributed by atoms with E-state index in [0.29, 0.717) is 18.9 Å². The van der Waals surface area contributed by atoms with Crippen LogP contribution in [0.4, 0.5) is 0 Å². The largest absolute Gasteiger partial charge is 0.370 e. The predicted molar refractivity (Wildman–Crippen MR) is 57.2 cm³/mol. The zero-order chi connectivity index (χ0) is 10.4. The SMILES string of the molecule is CCOC(C(=O)CC)C1CC=CCC1. The minimum absolute atomic E-state index is 0.157. The number of hydrogen-bond donors (Lipinski definition) is 0. The highest BCUT2D eigenvalue weighted by atomic mass is 16.5. The number of ether oxygens (including phenoxy) is 1. The standard InChI is InChI=1S/C12H20O2/c1-3-11(13)12(14-4-2)10-8-6-5-7-9-10/h5-6,10,12H,3-4,7-9H2,1-2H3. The van der Waals surface area contributed by atoms with Crippen molar-refractivity contribution in [2.45, 2.75) is 45.6 Å². The Morgan fingerprint density at radius 2 is 2.29 bits per heavy atom. The Morgan fingerprint density at radius 1 is 1.50 bits per heavy atom. The van der Waals surface area contributed by atoms with Gasteiger partial charge in [-0.3, -0.25) is 4.79 Å². The van der Waals surface area contributed by atoms with Gasteiger partial charge >= 0.3 is 0 Å². The molecule has 0 amide bonds. The first-order valence-electron chi connectivity index (χ1n) is 5.58. The first kappa shape index (κ1) is 11.4. The zero-order valence-corrected chi connectivity index (χ0v) is 9.16. The van der Waals surface area contributed by atoms with Crippen LogP contribution in [0.3, 0.4) is 0 Å². The first-order valence-corrected chi connectivity index (χ1v) is 5.58. The molecule has 2 heteroatoms. The molecule has 0 bridgehead atoms. The fourth-order valence-electron chi connectivity index (χ4n) is 1.96. The lowest BCUT2D eigenvalue weighted by Gasteiger charge is -2.26. The van der Waals surface area contributed by atoms with Crippen molar-refractivity contribution >= 4 is 5.78 Å². The van der Waals surface area contributed by atoms with Gasteiger partial charge in [0.15, 0.2) is 5.78 Å². The fourth-order valence-corrected chi connectivity index (χ4v) is 1.96. The van der Waals surface area contributed by atoms with Gasteiger partial charge in [-0.25, -0.2) is 0 Å². The Bertz CT molecular complexity index is 208. The van der Waals surface area contributed by atoms with E-state index in [2.05, 4.69) is 12.2 Å². The van der Waals surface area contributed by atoms with Crippen LogP contribution < -0.4 is 0 Å². The summed E-state index contributed by atoms with van der Waals surface area (Å²) >= 11 is 0. The van der Waals surface area contributed by atoms with E-state index < -0.39 is 0 Å². The molecule has 14 heavy (non-hydrogen) atoms. The van der Waals surface area contributed by atoms with E-state index >= 15 is 0 Å². The van der Waals surface area contributed by atoms with Crippen LogP contribution in [0.5, 0.6) is 0 Å². The van der Waals surface area contributed by atoms with E-state index in [1.807, 2.05) is 13.8 Å². The smallest absolute Gasteiger partial charge is 0.161 e. The van der Waals surface area contributed by atoms with Crippen molar-refractivity contribution in [3.05, 3.63) is 12.2 Å². The number of rotatable bonds is 5. The molecule has 0 spiro atoms. The average Bonchev–Trinajstić information content (AvgIpc) is 2.26. The third kappa shape index (κ3) is 2.95. The topological polar surface area (TPSA) is 26.3 Å². The second-order valence-corrected chi connectivity index (χ2v) is 3.74. The normalized spacial score (nSPS) is 23.4. The number of Topliss-reactive ketones (excluding diaryl/α,β-unsaturated/α-hetero) is 1. The van der Waals surface area contributed by atoms with Gasteiger partial charge in [-0.2, -0.15) is 0 Å². The van der Waals surface area contributed by atoms with Gasteiger partial charge in [-0.05, 0) is 32.1 Å². The summed E-state index contributed by atoms with van der Waals surface area (Å²) in [5.41, 5.74) is 0. The molecule has 0 N–H and O–H groups in total. The summed E-state index contributed by atoms with van der Waals surface area (Å²) in [6, 6.07) is 0. The van der Waals surface area contributed by atoms with Gasteiger partial charge in [-0.1, -0.05) is 19.1 Å². The summed E-state index contributed by atoms with van der Waals surface area (Å²) in [6.45, 7) is 4.50. The maximum atomic E-state index is 11.7. The predicted octanol–water partition coefficient (Wildman–Crippen LogP) is 2.73. The van der Waals surface area contributed by atoms with Crippen molar-refractivity contribution in [3.63, 3.8) is 0 Å². The molecule has 0 aromatic rings. The zero-order valence-electron chi connectivity index (χ0n) is 9.16. The first-order chi connectivity index (χ1) is 6.79. The van der Waals surface area contributed by atoms with Gasteiger partial charge in [0.2, 0.25) is 0 Å². The molecule has 0 aromatic heterocycles. The van der Waals surface area contributed by atoms with Crippen LogP contribution in [-0.2, 0) is 9.53 Å². The van der Waals surface area contributed by atoms with Crippen molar-refractivity contribution in [1.82, 2.24) is 0 Å². The van der Waals surface area contributed by atoms with Crippen molar-refractivity contribution < 1.29 is 9.53 Å². The van der Waals surface area contributed by atoms with Gasteiger partial charge in [0.1, 0.15) is 6.10 Å². The Labute approximate surface area is 86.3 Å². The molecular weight excluding hydrogens is 176 g/mol. The molecule has 1 rings (SSSR count). The van der Waals surface area contributed by atoms with Crippen molar-refractivity contribution in [3.8, 4) is 0 Å². The molecule has 0 saturated heterocycles. The maximum absolute atomic E-state index is 11.7. The molecule has 1 aliphatic rings. The number of ketones is 1. The Kier molecular flexibility index (Phi) is 4.88. The lowest BCUT2D eigenvalue weighted by Crippen LogP contribution is -2.32. The van der Waals surface area contributed by atoms with Crippen molar-refractivity contribution in [2.75, 3.05) is 6.61 Å². The summed E-state index contributed by atoms with van der Waals surface area (Å²) in [4.78, 5) is 11.7. The number of carbonyl (C=O) groups excluding carboxylic acids is 1. The van der Waals surface area contributed by atoms with E-state index in [0.717, 1.165) is 19.3 Å². The second-order valence-electron chi connectivity index (χ2n) is 3.74. The van der Waals surface area contributed by atoms with Gasteiger partial charge in [-0.15, -0.1) is 0 Å². The minimum atomic E-state index is -0.157. The molecule has 0 saturated carbocycles. The molecule has 80 valence electrons. The Morgan fingerprint density at radius 3 is 2.79 bits per heavy atom. The average molecular weight is 196 g/mol. The lowest BCUT2D eigenvalue weighted by molar-refractivity contribution is -0.133. The summed E-state index contributed by atoms with van der Waals surface area (Å²) in [5.74, 6) is 0.666. The quantitative estimate of drug-likeness (QED) is 0.632. The van der Waals surface area contributed by atoms with Crippen molar-refractivity contribution in [2.24, 2.45) is 5.92 Å². The number of hydrogen-bond acceptors (Lipinski definition) is 2. The highest BCUT2D eigenvalue weighted by Crippen LogP contribution is 2.24. The van der Waals surface area contributed by atoms with E-state index in [1.165, 1.54) is 0 Å². The van der Waals surface area contributed by atoms with Gasteiger partial charge < -0.3 is 4.74 Å². The monoisotopic (exact) mass is 196 g/mol. The molecule has 2 atom stereocenters. The molecule has 0 radical (unpaired) electrons. The minimum Gasteiger partial charge on any atom is -0.370 e. The Balaban J connectivity index is 2.56. The Hall–Kier alpha value is -0.630. The van der Waals surface area contributed by atoms with Crippen LogP contribution >= 0.6 is 0 Å². The molecule has 0 heterocycles. The lowest BCUT2D eigenvalue weighted by atomic mass is 9.87. The van der Waals surface area contributed by atoms with Gasteiger partial charge in [0.05, 0.1) is 0 Å². The fraction of sp³-hybridized carbons (Fsp3) is 0.750. The van der Waals surface area contributed by atoms with Crippen LogP contribution in [-0.4, -0.2) is 18.5 Å². The molecule has 0 fully saturated rings. The highest BCUT2D eigenvalue weighted by molar-refractivity contribution is 5.83.